The van der Waals surface area contributed by atoms with E-state index in [1.807, 2.05) is 30.3 Å². The quantitative estimate of drug-likeness (QED) is 0.798. The van der Waals surface area contributed by atoms with E-state index >= 15 is 0 Å². The molecule has 4 heteroatoms. The molecule has 0 fully saturated rings. The van der Waals surface area contributed by atoms with E-state index in [2.05, 4.69) is 24.0 Å². The fourth-order valence-electron chi connectivity index (χ4n) is 2.12. The zero-order valence-electron chi connectivity index (χ0n) is 11.2. The molecule has 2 aromatic heterocycles. The SMILES string of the molecule is Cc1sc(C(N)c2cccnc2)nc1-c1ccccc1. The number of nitrogens with two attached hydrogens (primary N) is 1. The van der Waals surface area contributed by atoms with Crippen LogP contribution >= 0.6 is 11.3 Å². The number of aryl methyl sites for hydroxylation is 1. The van der Waals surface area contributed by atoms with Crippen molar-refractivity contribution >= 4 is 11.3 Å². The molecular formula is C16H15N3S. The lowest BCUT2D eigenvalue weighted by Crippen LogP contribution is -2.11. The van der Waals surface area contributed by atoms with E-state index in [9.17, 15) is 0 Å². The van der Waals surface area contributed by atoms with Crippen LogP contribution in [0.1, 0.15) is 21.5 Å². The third kappa shape index (κ3) is 2.48. The Balaban J connectivity index is 1.97. The maximum Gasteiger partial charge on any atom is 0.115 e. The maximum absolute atomic E-state index is 6.28. The van der Waals surface area contributed by atoms with Crippen LogP contribution in [-0.2, 0) is 0 Å². The molecule has 3 nitrogen and oxygen atoms in total. The molecule has 100 valence electrons. The molecule has 20 heavy (non-hydrogen) atoms. The first-order valence-electron chi connectivity index (χ1n) is 6.44. The van der Waals surface area contributed by atoms with Crippen LogP contribution in [-0.4, -0.2) is 9.97 Å². The average molecular weight is 281 g/mol. The monoisotopic (exact) mass is 281 g/mol. The van der Waals surface area contributed by atoms with Gasteiger partial charge in [0.2, 0.25) is 0 Å². The molecule has 3 rings (SSSR count). The van der Waals surface area contributed by atoms with Crippen molar-refractivity contribution in [3.63, 3.8) is 0 Å². The number of aromatic nitrogens is 2. The van der Waals surface area contributed by atoms with E-state index in [0.29, 0.717) is 0 Å². The van der Waals surface area contributed by atoms with Gasteiger partial charge in [-0.1, -0.05) is 36.4 Å². The Morgan fingerprint density at radius 2 is 1.90 bits per heavy atom. The molecule has 0 aliphatic heterocycles. The predicted octanol–water partition coefficient (Wildman–Crippen LogP) is 3.56. The Labute approximate surface area is 122 Å². The van der Waals surface area contributed by atoms with Gasteiger partial charge in [0, 0.05) is 22.8 Å². The zero-order valence-corrected chi connectivity index (χ0v) is 12.0. The number of benzene rings is 1. The minimum absolute atomic E-state index is 0.218. The predicted molar refractivity (Wildman–Crippen MR) is 82.6 cm³/mol. The summed E-state index contributed by atoms with van der Waals surface area (Å²) in [6.07, 6.45) is 3.54. The van der Waals surface area contributed by atoms with E-state index in [1.54, 1.807) is 23.7 Å². The standard InChI is InChI=1S/C16H15N3S/c1-11-15(12-6-3-2-4-7-12)19-16(20-11)14(17)13-8-5-9-18-10-13/h2-10,14H,17H2,1H3. The van der Waals surface area contributed by atoms with Crippen LogP contribution in [0.4, 0.5) is 0 Å². The summed E-state index contributed by atoms with van der Waals surface area (Å²) >= 11 is 1.65. The highest BCUT2D eigenvalue weighted by molar-refractivity contribution is 7.12. The van der Waals surface area contributed by atoms with Gasteiger partial charge >= 0.3 is 0 Å². The fourth-order valence-corrected chi connectivity index (χ4v) is 3.09. The van der Waals surface area contributed by atoms with Gasteiger partial charge in [-0.2, -0.15) is 0 Å². The molecule has 0 saturated carbocycles. The van der Waals surface area contributed by atoms with Gasteiger partial charge in [-0.25, -0.2) is 4.98 Å². The van der Waals surface area contributed by atoms with Gasteiger partial charge in [0.15, 0.2) is 0 Å². The van der Waals surface area contributed by atoms with Crippen molar-refractivity contribution in [3.8, 4) is 11.3 Å². The summed E-state index contributed by atoms with van der Waals surface area (Å²) in [6, 6.07) is 13.9. The molecule has 2 N–H and O–H groups in total. The summed E-state index contributed by atoms with van der Waals surface area (Å²) in [5, 5.41) is 0.925. The Bertz CT molecular complexity index is 692. The number of rotatable bonds is 3. The molecule has 0 amide bonds. The van der Waals surface area contributed by atoms with Gasteiger partial charge in [0.05, 0.1) is 11.7 Å². The first-order valence-corrected chi connectivity index (χ1v) is 7.25. The Morgan fingerprint density at radius 3 is 2.60 bits per heavy atom. The van der Waals surface area contributed by atoms with Gasteiger partial charge in [-0.15, -0.1) is 11.3 Å². The van der Waals surface area contributed by atoms with E-state index in [1.165, 1.54) is 4.88 Å². The van der Waals surface area contributed by atoms with Crippen LogP contribution in [0.25, 0.3) is 11.3 Å². The van der Waals surface area contributed by atoms with Gasteiger partial charge in [0.25, 0.3) is 0 Å². The fraction of sp³-hybridized carbons (Fsp3) is 0.125. The average Bonchev–Trinajstić information content (AvgIpc) is 2.90. The summed E-state index contributed by atoms with van der Waals surface area (Å²) in [5.41, 5.74) is 9.42. The van der Waals surface area contributed by atoms with Gasteiger partial charge in [-0.05, 0) is 18.6 Å². The summed E-state index contributed by atoms with van der Waals surface area (Å²) < 4.78 is 0. The number of hydrogen-bond acceptors (Lipinski definition) is 4. The smallest absolute Gasteiger partial charge is 0.115 e. The third-order valence-electron chi connectivity index (χ3n) is 3.17. The van der Waals surface area contributed by atoms with Crippen molar-refractivity contribution in [1.29, 1.82) is 0 Å². The van der Waals surface area contributed by atoms with E-state index in [0.717, 1.165) is 21.8 Å². The molecule has 0 bridgehead atoms. The third-order valence-corrected chi connectivity index (χ3v) is 4.22. The molecule has 0 aliphatic rings. The van der Waals surface area contributed by atoms with Crippen molar-refractivity contribution < 1.29 is 0 Å². The molecule has 0 spiro atoms. The highest BCUT2D eigenvalue weighted by Gasteiger charge is 2.16. The number of pyridine rings is 1. The van der Waals surface area contributed by atoms with E-state index < -0.39 is 0 Å². The minimum atomic E-state index is -0.218. The molecule has 0 radical (unpaired) electrons. The normalized spacial score (nSPS) is 12.3. The number of nitrogens with zero attached hydrogens (tertiary/aromatic N) is 2. The second kappa shape index (κ2) is 5.53. The van der Waals surface area contributed by atoms with Gasteiger partial charge in [0.1, 0.15) is 5.01 Å². The second-order valence-electron chi connectivity index (χ2n) is 4.59. The summed E-state index contributed by atoms with van der Waals surface area (Å²) in [7, 11) is 0. The minimum Gasteiger partial charge on any atom is -0.318 e. The van der Waals surface area contributed by atoms with E-state index in [-0.39, 0.29) is 6.04 Å². The Hall–Kier alpha value is -2.04. The zero-order chi connectivity index (χ0) is 13.9. The molecule has 1 atom stereocenters. The molecule has 2 heterocycles. The van der Waals surface area contributed by atoms with Crippen molar-refractivity contribution in [3.05, 3.63) is 70.3 Å². The van der Waals surface area contributed by atoms with Crippen LogP contribution < -0.4 is 5.73 Å². The summed E-state index contributed by atoms with van der Waals surface area (Å²) in [5.74, 6) is 0. The van der Waals surface area contributed by atoms with Crippen LogP contribution in [0.15, 0.2) is 54.9 Å². The van der Waals surface area contributed by atoms with Crippen molar-refractivity contribution in [2.75, 3.05) is 0 Å². The van der Waals surface area contributed by atoms with Crippen molar-refractivity contribution in [1.82, 2.24) is 9.97 Å². The lowest BCUT2D eigenvalue weighted by atomic mass is 10.1. The highest BCUT2D eigenvalue weighted by Crippen LogP contribution is 2.31. The first kappa shape index (κ1) is 13.0. The van der Waals surface area contributed by atoms with Crippen molar-refractivity contribution in [2.24, 2.45) is 5.73 Å². The van der Waals surface area contributed by atoms with Gasteiger partial charge < -0.3 is 5.73 Å². The van der Waals surface area contributed by atoms with Crippen LogP contribution in [0, 0.1) is 6.92 Å². The van der Waals surface area contributed by atoms with Gasteiger partial charge in [-0.3, -0.25) is 4.98 Å². The maximum atomic E-state index is 6.28. The number of hydrogen-bond donors (Lipinski definition) is 1. The second-order valence-corrected chi connectivity index (χ2v) is 5.82. The lowest BCUT2D eigenvalue weighted by molar-refractivity contribution is 0.851. The molecule has 3 aromatic rings. The Kier molecular flexibility index (Phi) is 3.58. The molecular weight excluding hydrogens is 266 g/mol. The first-order chi connectivity index (χ1) is 9.75. The van der Waals surface area contributed by atoms with Crippen LogP contribution in [0.3, 0.4) is 0 Å². The molecule has 1 aromatic carbocycles. The summed E-state index contributed by atoms with van der Waals surface area (Å²) in [4.78, 5) is 10.0. The van der Waals surface area contributed by atoms with Crippen LogP contribution in [0.2, 0.25) is 0 Å². The molecule has 0 aliphatic carbocycles. The molecule has 1 unspecified atom stereocenters. The lowest BCUT2D eigenvalue weighted by Gasteiger charge is -2.07. The summed E-state index contributed by atoms with van der Waals surface area (Å²) in [6.45, 7) is 2.08. The highest BCUT2D eigenvalue weighted by atomic mass is 32.1. The molecule has 0 saturated heterocycles. The topological polar surface area (TPSA) is 51.8 Å². The van der Waals surface area contributed by atoms with Crippen LogP contribution in [0.5, 0.6) is 0 Å². The Morgan fingerprint density at radius 1 is 1.10 bits per heavy atom. The number of thiazole rings is 1. The van der Waals surface area contributed by atoms with Crippen molar-refractivity contribution in [2.45, 2.75) is 13.0 Å². The largest absolute Gasteiger partial charge is 0.318 e. The van der Waals surface area contributed by atoms with E-state index in [4.69, 9.17) is 10.7 Å².